The number of rotatable bonds is 5. The van der Waals surface area contributed by atoms with Crippen LogP contribution in [0, 0.1) is 7.43 Å². The maximum atomic E-state index is 2.31. The zero-order chi connectivity index (χ0) is 25.5. The van der Waals surface area contributed by atoms with Crippen molar-refractivity contribution in [1.82, 2.24) is 0 Å². The van der Waals surface area contributed by atoms with Crippen molar-refractivity contribution in [3.63, 3.8) is 0 Å². The molecule has 0 aliphatic heterocycles. The van der Waals surface area contributed by atoms with Crippen molar-refractivity contribution in [2.75, 3.05) is 0 Å². The van der Waals surface area contributed by atoms with Crippen molar-refractivity contribution >= 4 is 37.1 Å². The van der Waals surface area contributed by atoms with Gasteiger partial charge in [0.15, 0.2) is 0 Å². The summed E-state index contributed by atoms with van der Waals surface area (Å²) < 4.78 is 3.45. The predicted molar refractivity (Wildman–Crippen MR) is 171 cm³/mol. The van der Waals surface area contributed by atoms with Gasteiger partial charge in [-0.15, -0.1) is 0 Å². The topological polar surface area (TPSA) is 0 Å². The van der Waals surface area contributed by atoms with E-state index in [1.54, 1.807) is 6.56 Å². The largest absolute Gasteiger partial charge is 1.00 e. The first-order valence-corrected chi connectivity index (χ1v) is 16.8. The fourth-order valence-corrected chi connectivity index (χ4v) is 9.69. The number of allylic oxidation sites excluding steroid dienone is 8. The third-order valence-corrected chi connectivity index (χ3v) is 12.1. The van der Waals surface area contributed by atoms with E-state index in [1.807, 2.05) is 18.2 Å². The zero-order valence-corrected chi connectivity index (χ0v) is 28.2. The second kappa shape index (κ2) is 20.6. The van der Waals surface area contributed by atoms with Gasteiger partial charge in [0.25, 0.3) is 0 Å². The molecule has 0 spiro atoms. The summed E-state index contributed by atoms with van der Waals surface area (Å²) in [5.41, 5.74) is 1.32. The summed E-state index contributed by atoms with van der Waals surface area (Å²) in [6, 6.07) is 42.8. The van der Waals surface area contributed by atoms with Crippen molar-refractivity contribution in [2.45, 2.75) is 12.8 Å². The van der Waals surface area contributed by atoms with E-state index in [2.05, 4.69) is 147 Å². The van der Waals surface area contributed by atoms with Crippen molar-refractivity contribution in [2.24, 2.45) is 0 Å². The molecule has 202 valence electrons. The van der Waals surface area contributed by atoms with Gasteiger partial charge in [0, 0.05) is 0 Å². The van der Waals surface area contributed by atoms with Gasteiger partial charge in [-0.3, -0.25) is 0 Å². The molecule has 0 bridgehead atoms. The molecule has 4 aromatic carbocycles. The maximum Gasteiger partial charge on any atom is 0.102 e. The minimum atomic E-state index is -0.877. The third-order valence-electron chi connectivity index (χ3n) is 5.99. The molecule has 0 radical (unpaired) electrons. The molecule has 0 nitrogen and oxygen atoms in total. The van der Waals surface area contributed by atoms with Crippen LogP contribution in [0.25, 0.3) is 0 Å². The zero-order valence-electron chi connectivity index (χ0n) is 23.2. The van der Waals surface area contributed by atoms with Gasteiger partial charge in [0.2, 0.25) is 0 Å². The third kappa shape index (κ3) is 12.1. The van der Waals surface area contributed by atoms with E-state index in [9.17, 15) is 0 Å². The second-order valence-electron chi connectivity index (χ2n) is 8.90. The maximum absolute atomic E-state index is 2.31. The van der Waals surface area contributed by atoms with E-state index < -0.39 is 7.92 Å². The Labute approximate surface area is 268 Å². The molecule has 0 unspecified atom stereocenters. The molecule has 2 aliphatic carbocycles. The molecule has 4 aromatic rings. The van der Waals surface area contributed by atoms with Crippen LogP contribution < -0.4 is 46.2 Å². The standard InChI is InChI=1S/C18H15P.C6H7B.2C5H5.CH3.2ClH.Zr/c1-4-10-16(11-5-1)19(17-12-6-2-7-13-17)18-14-8-3-9-15-18;7-6-4-2-1-3-5-6;2*1-2-4-5-3-1;;;;/h1-15H;1-5H,7H2;2*1-3H,4H2;1H3;2*1H;/q;;;;-1;;;+2/p-1. The SMILES string of the molecule is Bc1ccccc1.C1=CC[C]([Zr+2][C]2=CC=CC2)=C1.[CH3-].[Cl-].[Cl-].c1ccc([PH+](c2ccccc2)c2ccccc2)cc1. The first-order chi connectivity index (χ1) is 18.3. The van der Waals surface area contributed by atoms with Crippen LogP contribution in [0.4, 0.5) is 0 Å². The van der Waals surface area contributed by atoms with Gasteiger partial charge in [-0.2, -0.15) is 0 Å². The fourth-order valence-electron chi connectivity index (χ4n) is 4.13. The van der Waals surface area contributed by atoms with E-state index in [-0.39, 0.29) is 55.5 Å². The quantitative estimate of drug-likeness (QED) is 0.165. The minimum absolute atomic E-state index is 0. The van der Waals surface area contributed by atoms with Crippen LogP contribution in [0.3, 0.4) is 0 Å². The van der Waals surface area contributed by atoms with E-state index in [1.165, 1.54) is 34.2 Å². The number of halogens is 2. The summed E-state index contributed by atoms with van der Waals surface area (Å²) in [4.78, 5) is 0. The van der Waals surface area contributed by atoms with Crippen molar-refractivity contribution in [3.8, 4) is 0 Å². The molecule has 0 saturated carbocycles. The van der Waals surface area contributed by atoms with E-state index in [4.69, 9.17) is 0 Å². The fraction of sp³-hybridized carbons (Fsp3) is 0.0571. The molecule has 0 saturated heterocycles. The summed E-state index contributed by atoms with van der Waals surface area (Å²) in [5.74, 6) is 0. The van der Waals surface area contributed by atoms with Gasteiger partial charge in [-0.25, -0.2) is 0 Å². The van der Waals surface area contributed by atoms with E-state index in [0.29, 0.717) is 0 Å². The summed E-state index contributed by atoms with van der Waals surface area (Å²) in [5, 5.41) is 4.31. The average Bonchev–Trinajstić information content (AvgIpc) is 3.67. The molecule has 0 amide bonds. The molecule has 0 fully saturated rings. The Morgan fingerprint density at radius 3 is 1.07 bits per heavy atom. The Morgan fingerprint density at radius 2 is 0.825 bits per heavy atom. The van der Waals surface area contributed by atoms with Gasteiger partial charge in [0.1, 0.15) is 23.8 Å². The van der Waals surface area contributed by atoms with Crippen LogP contribution in [0.2, 0.25) is 0 Å². The summed E-state index contributed by atoms with van der Waals surface area (Å²) in [6.07, 6.45) is 16.0. The van der Waals surface area contributed by atoms with Gasteiger partial charge in [-0.1, -0.05) is 90.4 Å². The average molecular weight is 661 g/mol. The predicted octanol–water partition coefficient (Wildman–Crippen LogP) is 0.337. The monoisotopic (exact) mass is 658 g/mol. The van der Waals surface area contributed by atoms with Gasteiger partial charge in [0.05, 0.1) is 7.92 Å². The Morgan fingerprint density at radius 1 is 0.500 bits per heavy atom. The van der Waals surface area contributed by atoms with Gasteiger partial charge >= 0.3 is 79.1 Å². The molecule has 6 rings (SSSR count). The van der Waals surface area contributed by atoms with Crippen LogP contribution in [-0.2, 0) is 23.2 Å². The number of benzene rings is 4. The molecule has 0 N–H and O–H groups in total. The van der Waals surface area contributed by atoms with Gasteiger partial charge < -0.3 is 32.2 Å². The van der Waals surface area contributed by atoms with Crippen LogP contribution in [-0.4, -0.2) is 7.85 Å². The van der Waals surface area contributed by atoms with Crippen LogP contribution in [0.15, 0.2) is 164 Å². The first kappa shape index (κ1) is 35.8. The molecular formula is C35H36BCl2PZr. The number of hydrogen-bond donors (Lipinski definition) is 0. The summed E-state index contributed by atoms with van der Waals surface area (Å²) in [7, 11) is 1.21. The number of hydrogen-bond acceptors (Lipinski definition) is 0. The Hall–Kier alpha value is -2.20. The summed E-state index contributed by atoms with van der Waals surface area (Å²) >= 11 is -0.312. The molecular weight excluding hydrogens is 624 g/mol. The van der Waals surface area contributed by atoms with Crippen LogP contribution in [0.5, 0.6) is 0 Å². The molecule has 5 heteroatoms. The van der Waals surface area contributed by atoms with Crippen molar-refractivity contribution in [3.05, 3.63) is 172 Å². The van der Waals surface area contributed by atoms with E-state index >= 15 is 0 Å². The van der Waals surface area contributed by atoms with Crippen molar-refractivity contribution in [1.29, 1.82) is 0 Å². The van der Waals surface area contributed by atoms with E-state index in [0.717, 1.165) is 0 Å². The smallest absolute Gasteiger partial charge is 0.102 e. The van der Waals surface area contributed by atoms with Crippen LogP contribution in [0.1, 0.15) is 12.8 Å². The van der Waals surface area contributed by atoms with Gasteiger partial charge in [-0.05, 0) is 36.4 Å². The Balaban J connectivity index is 0.000000325. The Bertz CT molecular complexity index is 1220. The molecule has 0 aromatic heterocycles. The van der Waals surface area contributed by atoms with Crippen LogP contribution >= 0.6 is 7.92 Å². The molecule has 2 aliphatic rings. The van der Waals surface area contributed by atoms with Crippen molar-refractivity contribution < 1.29 is 48.0 Å². The summed E-state index contributed by atoms with van der Waals surface area (Å²) in [6.45, 7) is 0. The molecule has 0 heterocycles. The minimum Gasteiger partial charge on any atom is -1.00 e. The molecule has 0 atom stereocenters. The first-order valence-electron chi connectivity index (χ1n) is 12.8. The Kier molecular flexibility index (Phi) is 18.5. The normalized spacial score (nSPS) is 12.0. The second-order valence-corrected chi connectivity index (χ2v) is 15.2. The molecule has 40 heavy (non-hydrogen) atoms.